The Bertz CT molecular complexity index is 472. The highest BCUT2D eigenvalue weighted by Crippen LogP contribution is 2.29. The number of imide groups is 1. The number of hydrogen-bond acceptors (Lipinski definition) is 4. The molecule has 1 aromatic rings. The molecule has 6 nitrogen and oxygen atoms in total. The highest BCUT2D eigenvalue weighted by atomic mass is 16.5. The third kappa shape index (κ3) is 1.91. The van der Waals surface area contributed by atoms with Gasteiger partial charge in [-0.3, -0.25) is 10.1 Å². The molecule has 1 aromatic carbocycles. The number of carbonyl (C=O) groups is 2. The molecule has 0 aromatic heterocycles. The van der Waals surface area contributed by atoms with Gasteiger partial charge in [-0.25, -0.2) is 4.79 Å². The fraction of sp³-hybridized carbons (Fsp3) is 0.333. The molecule has 1 atom stereocenters. The standard InChI is InChI=1S/C12H15N3O3/c1-18-9-4-2-8(3-5-9)12(6-7-13)10(16)14-11(17)15-12/h2-5H,6-7,13H2,1H3,(H2,14,15,16,17). The van der Waals surface area contributed by atoms with Gasteiger partial charge in [-0.2, -0.15) is 0 Å². The van der Waals surface area contributed by atoms with Crippen molar-refractivity contribution in [3.8, 4) is 5.75 Å². The van der Waals surface area contributed by atoms with Gasteiger partial charge in [0.25, 0.3) is 5.91 Å². The molecule has 1 aliphatic heterocycles. The van der Waals surface area contributed by atoms with Crippen molar-refractivity contribution in [2.45, 2.75) is 12.0 Å². The van der Waals surface area contributed by atoms with Crippen LogP contribution in [0.5, 0.6) is 5.75 Å². The summed E-state index contributed by atoms with van der Waals surface area (Å²) in [5.74, 6) is 0.314. The van der Waals surface area contributed by atoms with Crippen molar-refractivity contribution in [1.29, 1.82) is 0 Å². The average molecular weight is 249 g/mol. The topological polar surface area (TPSA) is 93.4 Å². The normalized spacial score (nSPS) is 22.6. The summed E-state index contributed by atoms with van der Waals surface area (Å²) in [5, 5.41) is 4.90. The first-order chi connectivity index (χ1) is 8.62. The predicted molar refractivity (Wildman–Crippen MR) is 65.0 cm³/mol. The van der Waals surface area contributed by atoms with E-state index in [4.69, 9.17) is 10.5 Å². The van der Waals surface area contributed by atoms with Gasteiger partial charge in [0, 0.05) is 0 Å². The van der Waals surface area contributed by atoms with Crippen LogP contribution in [-0.4, -0.2) is 25.6 Å². The van der Waals surface area contributed by atoms with E-state index in [1.165, 1.54) is 0 Å². The van der Waals surface area contributed by atoms with Gasteiger partial charge < -0.3 is 15.8 Å². The van der Waals surface area contributed by atoms with E-state index in [9.17, 15) is 9.59 Å². The number of amides is 3. The number of nitrogens with one attached hydrogen (secondary N) is 2. The second-order valence-electron chi connectivity index (χ2n) is 4.08. The van der Waals surface area contributed by atoms with Crippen molar-refractivity contribution in [3.05, 3.63) is 29.8 Å². The van der Waals surface area contributed by atoms with Gasteiger partial charge in [-0.05, 0) is 30.7 Å². The lowest BCUT2D eigenvalue weighted by atomic mass is 9.86. The fourth-order valence-corrected chi connectivity index (χ4v) is 2.11. The minimum Gasteiger partial charge on any atom is -0.497 e. The smallest absolute Gasteiger partial charge is 0.322 e. The number of urea groups is 1. The lowest BCUT2D eigenvalue weighted by Crippen LogP contribution is -2.45. The van der Waals surface area contributed by atoms with Crippen LogP contribution >= 0.6 is 0 Å². The van der Waals surface area contributed by atoms with Crippen LogP contribution in [0.1, 0.15) is 12.0 Å². The van der Waals surface area contributed by atoms with Gasteiger partial charge in [0.2, 0.25) is 0 Å². The molecule has 0 saturated carbocycles. The van der Waals surface area contributed by atoms with Crippen LogP contribution in [0.15, 0.2) is 24.3 Å². The number of carbonyl (C=O) groups excluding carboxylic acids is 2. The van der Waals surface area contributed by atoms with Crippen molar-refractivity contribution < 1.29 is 14.3 Å². The van der Waals surface area contributed by atoms with Gasteiger partial charge in [-0.15, -0.1) is 0 Å². The summed E-state index contributed by atoms with van der Waals surface area (Å²) in [4.78, 5) is 23.3. The lowest BCUT2D eigenvalue weighted by Gasteiger charge is -2.26. The third-order valence-corrected chi connectivity index (χ3v) is 3.04. The summed E-state index contributed by atoms with van der Waals surface area (Å²) in [7, 11) is 1.56. The molecule has 2 rings (SSSR count). The van der Waals surface area contributed by atoms with Crippen molar-refractivity contribution in [2.75, 3.05) is 13.7 Å². The van der Waals surface area contributed by atoms with Crippen LogP contribution in [0, 0.1) is 0 Å². The summed E-state index contributed by atoms with van der Waals surface area (Å²) in [6.45, 7) is 0.291. The zero-order valence-electron chi connectivity index (χ0n) is 10.0. The zero-order chi connectivity index (χ0) is 13.2. The monoisotopic (exact) mass is 249 g/mol. The highest BCUT2D eigenvalue weighted by molar-refractivity contribution is 6.07. The molecule has 3 amide bonds. The maximum Gasteiger partial charge on any atom is 0.322 e. The van der Waals surface area contributed by atoms with E-state index in [1.807, 2.05) is 0 Å². The van der Waals surface area contributed by atoms with Crippen molar-refractivity contribution in [1.82, 2.24) is 10.6 Å². The molecule has 96 valence electrons. The van der Waals surface area contributed by atoms with Gasteiger partial charge in [0.15, 0.2) is 0 Å². The van der Waals surface area contributed by atoms with Crippen LogP contribution in [0.3, 0.4) is 0 Å². The summed E-state index contributed by atoms with van der Waals surface area (Å²) < 4.78 is 5.06. The Labute approximate surface area is 104 Å². The van der Waals surface area contributed by atoms with Crippen molar-refractivity contribution in [3.63, 3.8) is 0 Å². The van der Waals surface area contributed by atoms with Gasteiger partial charge in [0.1, 0.15) is 11.3 Å². The van der Waals surface area contributed by atoms with E-state index in [1.54, 1.807) is 31.4 Å². The highest BCUT2D eigenvalue weighted by Gasteiger charge is 2.46. The largest absolute Gasteiger partial charge is 0.497 e. The zero-order valence-corrected chi connectivity index (χ0v) is 10.0. The maximum absolute atomic E-state index is 12.0. The molecule has 4 N–H and O–H groups in total. The van der Waals surface area contributed by atoms with Crippen LogP contribution < -0.4 is 21.1 Å². The Morgan fingerprint density at radius 1 is 1.28 bits per heavy atom. The van der Waals surface area contributed by atoms with E-state index in [0.717, 1.165) is 0 Å². The quantitative estimate of drug-likeness (QED) is 0.659. The fourth-order valence-electron chi connectivity index (χ4n) is 2.11. The predicted octanol–water partition coefficient (Wildman–Crippen LogP) is 0.0787. The summed E-state index contributed by atoms with van der Waals surface area (Å²) in [5.41, 5.74) is 5.16. The molecule has 18 heavy (non-hydrogen) atoms. The number of rotatable bonds is 4. The molecule has 0 bridgehead atoms. The Balaban J connectivity index is 2.40. The molecular formula is C12H15N3O3. The number of ether oxygens (including phenoxy) is 1. The van der Waals surface area contributed by atoms with E-state index in [2.05, 4.69) is 10.6 Å². The van der Waals surface area contributed by atoms with Crippen molar-refractivity contribution in [2.24, 2.45) is 5.73 Å². The molecule has 1 fully saturated rings. The first-order valence-electron chi connectivity index (χ1n) is 5.60. The van der Waals surface area contributed by atoms with Crippen LogP contribution in [0.25, 0.3) is 0 Å². The minimum atomic E-state index is -1.07. The van der Waals surface area contributed by atoms with Crippen molar-refractivity contribution >= 4 is 11.9 Å². The van der Waals surface area contributed by atoms with Gasteiger partial charge in [0.05, 0.1) is 7.11 Å². The Hall–Kier alpha value is -2.08. The van der Waals surface area contributed by atoms with E-state index >= 15 is 0 Å². The van der Waals surface area contributed by atoms with Crippen LogP contribution in [0.4, 0.5) is 4.79 Å². The Kier molecular flexibility index (Phi) is 3.20. The Morgan fingerprint density at radius 3 is 2.39 bits per heavy atom. The third-order valence-electron chi connectivity index (χ3n) is 3.04. The molecule has 1 aliphatic rings. The maximum atomic E-state index is 12.0. The number of benzene rings is 1. The number of hydrogen-bond donors (Lipinski definition) is 3. The average Bonchev–Trinajstić information content (AvgIpc) is 2.66. The molecule has 1 heterocycles. The second-order valence-corrected chi connectivity index (χ2v) is 4.08. The lowest BCUT2D eigenvalue weighted by molar-refractivity contribution is -0.124. The first kappa shape index (κ1) is 12.4. The molecule has 0 aliphatic carbocycles. The minimum absolute atomic E-state index is 0.291. The van der Waals surface area contributed by atoms with E-state index in [-0.39, 0.29) is 5.91 Å². The van der Waals surface area contributed by atoms with Gasteiger partial charge in [-0.1, -0.05) is 12.1 Å². The summed E-state index contributed by atoms with van der Waals surface area (Å²) >= 11 is 0. The van der Waals surface area contributed by atoms with E-state index < -0.39 is 11.6 Å². The molecule has 6 heteroatoms. The first-order valence-corrected chi connectivity index (χ1v) is 5.60. The molecular weight excluding hydrogens is 234 g/mol. The molecule has 0 spiro atoms. The molecule has 1 saturated heterocycles. The SMILES string of the molecule is COc1ccc(C2(CCN)NC(=O)NC2=O)cc1. The Morgan fingerprint density at radius 2 is 1.94 bits per heavy atom. The van der Waals surface area contributed by atoms with Crippen LogP contribution in [-0.2, 0) is 10.3 Å². The van der Waals surface area contributed by atoms with E-state index in [0.29, 0.717) is 24.3 Å². The summed E-state index contributed by atoms with van der Waals surface area (Å²) in [6.07, 6.45) is 0.344. The second kappa shape index (κ2) is 4.66. The molecule has 1 unspecified atom stereocenters. The van der Waals surface area contributed by atoms with Gasteiger partial charge >= 0.3 is 6.03 Å². The van der Waals surface area contributed by atoms with Crippen LogP contribution in [0.2, 0.25) is 0 Å². The number of methoxy groups -OCH3 is 1. The molecule has 0 radical (unpaired) electrons. The summed E-state index contributed by atoms with van der Waals surface area (Å²) in [6, 6.07) is 6.49. The number of nitrogens with two attached hydrogens (primary N) is 1.